The molecule has 0 bridgehead atoms. The van der Waals surface area contributed by atoms with E-state index in [0.29, 0.717) is 0 Å². The van der Waals surface area contributed by atoms with Crippen LogP contribution in [0.25, 0.3) is 0 Å². The van der Waals surface area contributed by atoms with E-state index in [2.05, 4.69) is 31.1 Å². The highest BCUT2D eigenvalue weighted by atomic mass is 16.5. The van der Waals surface area contributed by atoms with Gasteiger partial charge in [-0.05, 0) is 39.3 Å². The van der Waals surface area contributed by atoms with Crippen LogP contribution < -0.4 is 5.32 Å². The Balaban J connectivity index is 2.10. The van der Waals surface area contributed by atoms with Crippen LogP contribution >= 0.6 is 0 Å². The zero-order valence-corrected chi connectivity index (χ0v) is 13.9. The fourth-order valence-corrected chi connectivity index (χ4v) is 2.91. The van der Waals surface area contributed by atoms with Crippen molar-refractivity contribution < 1.29 is 9.53 Å². The summed E-state index contributed by atoms with van der Waals surface area (Å²) in [6.45, 7) is 10.2. The van der Waals surface area contributed by atoms with Gasteiger partial charge in [-0.15, -0.1) is 0 Å². The van der Waals surface area contributed by atoms with Crippen molar-refractivity contribution in [2.24, 2.45) is 5.41 Å². The molecule has 2 atom stereocenters. The highest BCUT2D eigenvalue weighted by molar-refractivity contribution is 5.87. The number of nitrogens with one attached hydrogen (secondary N) is 1. The smallest absolute Gasteiger partial charge is 0.231 e. The highest BCUT2D eigenvalue weighted by Crippen LogP contribution is 2.51. The summed E-state index contributed by atoms with van der Waals surface area (Å²) in [4.78, 5) is 17.0. The second kappa shape index (κ2) is 5.09. The number of nitrogens with zero attached hydrogens (tertiary/aromatic N) is 1. The Hall–Kier alpha value is -1.42. The maximum Gasteiger partial charge on any atom is 0.231 e. The monoisotopic (exact) mass is 290 g/mol. The summed E-state index contributed by atoms with van der Waals surface area (Å²) >= 11 is 0. The molecule has 4 nitrogen and oxygen atoms in total. The predicted octanol–water partition coefficient (Wildman–Crippen LogP) is 2.68. The molecule has 1 aliphatic carbocycles. The minimum absolute atomic E-state index is 0.0115. The predicted molar refractivity (Wildman–Crippen MR) is 83.0 cm³/mol. The van der Waals surface area contributed by atoms with Crippen molar-refractivity contribution >= 4 is 5.91 Å². The fourth-order valence-electron chi connectivity index (χ4n) is 2.91. The van der Waals surface area contributed by atoms with Crippen LogP contribution in [0.2, 0.25) is 0 Å². The number of aromatic nitrogens is 1. The molecule has 4 heteroatoms. The summed E-state index contributed by atoms with van der Waals surface area (Å²) < 4.78 is 5.61. The van der Waals surface area contributed by atoms with E-state index in [1.54, 1.807) is 13.3 Å². The van der Waals surface area contributed by atoms with Crippen LogP contribution in [0.3, 0.4) is 0 Å². The van der Waals surface area contributed by atoms with Crippen LogP contribution in [-0.4, -0.2) is 29.6 Å². The summed E-state index contributed by atoms with van der Waals surface area (Å²) in [6, 6.07) is 5.78. The molecule has 2 rings (SSSR count). The maximum atomic E-state index is 12.7. The van der Waals surface area contributed by atoms with Crippen molar-refractivity contribution in [2.45, 2.75) is 58.1 Å². The molecule has 0 aliphatic heterocycles. The quantitative estimate of drug-likeness (QED) is 0.927. The number of hydrogen-bond acceptors (Lipinski definition) is 3. The third kappa shape index (κ3) is 2.46. The molecule has 1 aromatic heterocycles. The second-order valence-electron chi connectivity index (χ2n) is 7.23. The number of methoxy groups -OCH3 is 1. The third-order valence-electron chi connectivity index (χ3n) is 5.46. The molecule has 0 saturated heterocycles. The Morgan fingerprint density at radius 2 is 2.05 bits per heavy atom. The minimum atomic E-state index is -0.642. The lowest BCUT2D eigenvalue weighted by atomic mass is 9.55. The molecule has 1 amide bonds. The van der Waals surface area contributed by atoms with Crippen LogP contribution in [0.4, 0.5) is 0 Å². The maximum absolute atomic E-state index is 12.7. The first-order valence-corrected chi connectivity index (χ1v) is 7.43. The number of ether oxygens (including phenoxy) is 1. The van der Waals surface area contributed by atoms with Gasteiger partial charge in [0.1, 0.15) is 0 Å². The highest BCUT2D eigenvalue weighted by Gasteiger charge is 2.58. The van der Waals surface area contributed by atoms with Crippen LogP contribution in [-0.2, 0) is 14.9 Å². The lowest BCUT2D eigenvalue weighted by Crippen LogP contribution is -2.69. The Bertz CT molecular complexity index is 525. The van der Waals surface area contributed by atoms with Gasteiger partial charge in [-0.3, -0.25) is 9.78 Å². The molecular formula is C17H26N2O2. The first-order chi connectivity index (χ1) is 9.65. The topological polar surface area (TPSA) is 51.2 Å². The minimum Gasteiger partial charge on any atom is -0.378 e. The molecule has 1 saturated carbocycles. The van der Waals surface area contributed by atoms with Crippen molar-refractivity contribution in [2.75, 3.05) is 7.11 Å². The van der Waals surface area contributed by atoms with Crippen LogP contribution in [0.5, 0.6) is 0 Å². The van der Waals surface area contributed by atoms with Gasteiger partial charge >= 0.3 is 0 Å². The van der Waals surface area contributed by atoms with Crippen LogP contribution in [0.1, 0.15) is 46.7 Å². The first-order valence-electron chi connectivity index (χ1n) is 7.43. The normalized spacial score (nSPS) is 27.8. The van der Waals surface area contributed by atoms with Gasteiger partial charge in [0.25, 0.3) is 0 Å². The van der Waals surface area contributed by atoms with E-state index in [0.717, 1.165) is 12.1 Å². The molecule has 1 aliphatic rings. The van der Waals surface area contributed by atoms with E-state index < -0.39 is 5.41 Å². The zero-order valence-electron chi connectivity index (χ0n) is 13.9. The lowest BCUT2D eigenvalue weighted by molar-refractivity contribution is -0.183. The van der Waals surface area contributed by atoms with Crippen molar-refractivity contribution in [3.63, 3.8) is 0 Å². The van der Waals surface area contributed by atoms with E-state index >= 15 is 0 Å². The molecule has 1 aromatic rings. The van der Waals surface area contributed by atoms with Gasteiger partial charge in [0, 0.05) is 24.8 Å². The zero-order chi connectivity index (χ0) is 15.9. The molecule has 21 heavy (non-hydrogen) atoms. The first kappa shape index (κ1) is 16.0. The van der Waals surface area contributed by atoms with Crippen molar-refractivity contribution in [1.82, 2.24) is 10.3 Å². The summed E-state index contributed by atoms with van der Waals surface area (Å²) in [5.41, 5.74) is -0.122. The number of carbonyl (C=O) groups is 1. The van der Waals surface area contributed by atoms with E-state index in [9.17, 15) is 4.79 Å². The second-order valence-corrected chi connectivity index (χ2v) is 7.23. The van der Waals surface area contributed by atoms with Gasteiger partial charge in [-0.2, -0.15) is 0 Å². The standard InChI is InChI=1S/C17H26N2O2/c1-15(2,12-9-7-8-10-18-12)14(20)19-13-11-17(5,21-6)16(13,3)4/h7-10,13H,11H2,1-6H3,(H,19,20)/t13-,17+/m1/s1. The summed E-state index contributed by atoms with van der Waals surface area (Å²) in [5.74, 6) is 0.0115. The molecule has 0 spiro atoms. The van der Waals surface area contributed by atoms with Gasteiger partial charge in [-0.25, -0.2) is 0 Å². The van der Waals surface area contributed by atoms with Gasteiger partial charge < -0.3 is 10.1 Å². The molecular weight excluding hydrogens is 264 g/mol. The van der Waals surface area contributed by atoms with E-state index in [1.807, 2.05) is 32.0 Å². The van der Waals surface area contributed by atoms with Crippen LogP contribution in [0.15, 0.2) is 24.4 Å². The van der Waals surface area contributed by atoms with Gasteiger partial charge in [0.05, 0.1) is 16.7 Å². The fraction of sp³-hybridized carbons (Fsp3) is 0.647. The molecule has 0 radical (unpaired) electrons. The number of carbonyl (C=O) groups excluding carboxylic acids is 1. The summed E-state index contributed by atoms with van der Waals surface area (Å²) in [5, 5.41) is 3.18. The Kier molecular flexibility index (Phi) is 3.87. The molecule has 0 aromatic carbocycles. The van der Waals surface area contributed by atoms with E-state index in [1.165, 1.54) is 0 Å². The van der Waals surface area contributed by atoms with Crippen LogP contribution in [0, 0.1) is 5.41 Å². The number of pyridine rings is 1. The molecule has 1 fully saturated rings. The number of hydrogen-bond donors (Lipinski definition) is 1. The Morgan fingerprint density at radius 3 is 2.52 bits per heavy atom. The number of amides is 1. The van der Waals surface area contributed by atoms with E-state index in [4.69, 9.17) is 4.74 Å². The Labute approximate surface area is 127 Å². The van der Waals surface area contributed by atoms with Crippen molar-refractivity contribution in [3.8, 4) is 0 Å². The molecule has 1 N–H and O–H groups in total. The van der Waals surface area contributed by atoms with Gasteiger partial charge in [0.15, 0.2) is 0 Å². The molecule has 1 heterocycles. The van der Waals surface area contributed by atoms with Crippen molar-refractivity contribution in [1.29, 1.82) is 0 Å². The SMILES string of the molecule is CO[C@@]1(C)C[C@@H](NC(=O)C(C)(C)c2ccccn2)C1(C)C. The van der Waals surface area contributed by atoms with Gasteiger partial charge in [0.2, 0.25) is 5.91 Å². The molecule has 116 valence electrons. The van der Waals surface area contributed by atoms with E-state index in [-0.39, 0.29) is 23.0 Å². The number of rotatable bonds is 4. The summed E-state index contributed by atoms with van der Waals surface area (Å²) in [6.07, 6.45) is 2.56. The lowest BCUT2D eigenvalue weighted by Gasteiger charge is -2.59. The average Bonchev–Trinajstić information content (AvgIpc) is 2.47. The summed E-state index contributed by atoms with van der Waals surface area (Å²) in [7, 11) is 1.73. The molecule has 0 unspecified atom stereocenters. The van der Waals surface area contributed by atoms with Crippen molar-refractivity contribution in [3.05, 3.63) is 30.1 Å². The average molecular weight is 290 g/mol. The largest absolute Gasteiger partial charge is 0.378 e. The Morgan fingerprint density at radius 1 is 1.38 bits per heavy atom. The third-order valence-corrected chi connectivity index (χ3v) is 5.46. The van der Waals surface area contributed by atoms with Gasteiger partial charge in [-0.1, -0.05) is 19.9 Å².